The van der Waals surface area contributed by atoms with Gasteiger partial charge in [-0.05, 0) is 36.7 Å². The first-order valence-electron chi connectivity index (χ1n) is 10.1. The van der Waals surface area contributed by atoms with Crippen LogP contribution in [-0.2, 0) is 21.4 Å². The Balaban J connectivity index is 1.50. The van der Waals surface area contributed by atoms with Crippen LogP contribution in [0.1, 0.15) is 28.8 Å². The summed E-state index contributed by atoms with van der Waals surface area (Å²) in [7, 11) is -2.44. The highest BCUT2D eigenvalue weighted by molar-refractivity contribution is 7.89. The molecule has 162 valence electrons. The zero-order chi connectivity index (χ0) is 21.6. The summed E-state index contributed by atoms with van der Waals surface area (Å²) in [4.78, 5) is 17.3. The van der Waals surface area contributed by atoms with E-state index >= 15 is 0 Å². The Labute approximate surface area is 178 Å². The molecule has 2 aromatic rings. The number of Topliss-reactive ketones (excluding diaryl/α,β-unsaturated/α-hetero) is 1. The number of anilines is 1. The van der Waals surface area contributed by atoms with Crippen molar-refractivity contribution in [1.82, 2.24) is 4.90 Å². The number of hydrogen-bond acceptors (Lipinski definition) is 6. The number of primary sulfonamides is 1. The monoisotopic (exact) mass is 431 g/mol. The van der Waals surface area contributed by atoms with Crippen molar-refractivity contribution in [2.45, 2.75) is 24.3 Å². The van der Waals surface area contributed by atoms with Gasteiger partial charge in [-0.3, -0.25) is 9.69 Å². The quantitative estimate of drug-likeness (QED) is 0.612. The number of rotatable bonds is 9. The number of para-hydroxylation sites is 1. The summed E-state index contributed by atoms with van der Waals surface area (Å²) in [6.07, 6.45) is 1.10. The Bertz CT molecular complexity index is 956. The molecule has 0 amide bonds. The van der Waals surface area contributed by atoms with Crippen molar-refractivity contribution in [1.29, 1.82) is 0 Å². The lowest BCUT2D eigenvalue weighted by Crippen LogP contribution is -2.46. The first kappa shape index (κ1) is 22.4. The van der Waals surface area contributed by atoms with Gasteiger partial charge in [-0.15, -0.1) is 0 Å². The van der Waals surface area contributed by atoms with Crippen LogP contribution >= 0.6 is 0 Å². The topological polar surface area (TPSA) is 92.9 Å². The predicted molar refractivity (Wildman–Crippen MR) is 117 cm³/mol. The Morgan fingerprint density at radius 3 is 2.40 bits per heavy atom. The maximum absolute atomic E-state index is 12.6. The fraction of sp³-hybridized carbons (Fsp3) is 0.409. The minimum absolute atomic E-state index is 0.0489. The van der Waals surface area contributed by atoms with Crippen LogP contribution in [0.4, 0.5) is 5.69 Å². The van der Waals surface area contributed by atoms with Crippen molar-refractivity contribution in [3.63, 3.8) is 0 Å². The lowest BCUT2D eigenvalue weighted by atomic mass is 10.0. The van der Waals surface area contributed by atoms with Gasteiger partial charge in [0.05, 0.1) is 11.5 Å². The molecule has 1 saturated heterocycles. The molecule has 0 aromatic heterocycles. The number of nitrogens with two attached hydrogens (primary N) is 1. The first-order chi connectivity index (χ1) is 14.4. The van der Waals surface area contributed by atoms with Crippen LogP contribution in [0, 0.1) is 0 Å². The Kier molecular flexibility index (Phi) is 7.60. The second-order valence-electron chi connectivity index (χ2n) is 7.49. The highest BCUT2D eigenvalue weighted by Gasteiger charge is 2.19. The van der Waals surface area contributed by atoms with Crippen molar-refractivity contribution < 1.29 is 17.9 Å². The van der Waals surface area contributed by atoms with Crippen LogP contribution < -0.4 is 10.0 Å². The van der Waals surface area contributed by atoms with E-state index in [1.165, 1.54) is 18.9 Å². The van der Waals surface area contributed by atoms with E-state index in [1.807, 2.05) is 6.07 Å². The third-order valence-electron chi connectivity index (χ3n) is 5.37. The molecular weight excluding hydrogens is 402 g/mol. The summed E-state index contributed by atoms with van der Waals surface area (Å²) in [5.41, 5.74) is 2.07. The van der Waals surface area contributed by atoms with E-state index in [2.05, 4.69) is 34.1 Å². The van der Waals surface area contributed by atoms with Crippen molar-refractivity contribution in [2.75, 3.05) is 44.7 Å². The molecule has 0 saturated carbocycles. The van der Waals surface area contributed by atoms with Gasteiger partial charge in [-0.1, -0.05) is 30.3 Å². The average molecular weight is 432 g/mol. The molecule has 0 aliphatic carbocycles. The van der Waals surface area contributed by atoms with Gasteiger partial charge in [0.25, 0.3) is 0 Å². The smallest absolute Gasteiger partial charge is 0.238 e. The van der Waals surface area contributed by atoms with Crippen molar-refractivity contribution in [2.24, 2.45) is 5.14 Å². The zero-order valence-corrected chi connectivity index (χ0v) is 18.1. The van der Waals surface area contributed by atoms with Gasteiger partial charge in [0, 0.05) is 51.0 Å². The van der Waals surface area contributed by atoms with Crippen LogP contribution in [0.3, 0.4) is 0 Å². The molecule has 1 fully saturated rings. The largest absolute Gasteiger partial charge is 0.380 e. The average Bonchev–Trinajstić information content (AvgIpc) is 2.74. The molecule has 30 heavy (non-hydrogen) atoms. The molecule has 2 aromatic carbocycles. The Morgan fingerprint density at radius 2 is 1.77 bits per heavy atom. The van der Waals surface area contributed by atoms with Gasteiger partial charge in [0.15, 0.2) is 5.78 Å². The van der Waals surface area contributed by atoms with Gasteiger partial charge in [-0.2, -0.15) is 0 Å². The number of carbonyl (C=O) groups excluding carboxylic acids is 1. The van der Waals surface area contributed by atoms with E-state index in [9.17, 15) is 13.2 Å². The number of piperazine rings is 1. The second kappa shape index (κ2) is 10.2. The Hall–Kier alpha value is -2.26. The standard InChI is InChI=1S/C22H29N3O4S/c1-29-17-19-10-9-18(16-22(19)30(23,27)28)21(26)8-5-11-24-12-14-25(15-13-24)20-6-3-2-4-7-20/h2-4,6-7,9-10,16H,5,8,11-15,17H2,1H3,(H2,23,27,28). The number of ketones is 1. The SMILES string of the molecule is COCc1ccc(C(=O)CCCN2CCN(c3ccccc3)CC2)cc1S(N)(=O)=O. The van der Waals surface area contributed by atoms with Gasteiger partial charge in [0.2, 0.25) is 10.0 Å². The second-order valence-corrected chi connectivity index (χ2v) is 9.02. The van der Waals surface area contributed by atoms with Gasteiger partial charge in [0.1, 0.15) is 0 Å². The molecule has 0 spiro atoms. The number of hydrogen-bond donors (Lipinski definition) is 1. The number of nitrogens with zero attached hydrogens (tertiary/aromatic N) is 2. The molecule has 1 aliphatic heterocycles. The number of carbonyl (C=O) groups is 1. The predicted octanol–water partition coefficient (Wildman–Crippen LogP) is 2.27. The third kappa shape index (κ3) is 5.89. The number of methoxy groups -OCH3 is 1. The Morgan fingerprint density at radius 1 is 1.07 bits per heavy atom. The summed E-state index contributed by atoms with van der Waals surface area (Å²) < 4.78 is 28.7. The van der Waals surface area contributed by atoms with Crippen LogP contribution in [-0.4, -0.2) is 58.9 Å². The maximum Gasteiger partial charge on any atom is 0.238 e. The van der Waals surface area contributed by atoms with Crippen molar-refractivity contribution in [3.8, 4) is 0 Å². The van der Waals surface area contributed by atoms with Crippen LogP contribution in [0.25, 0.3) is 0 Å². The van der Waals surface area contributed by atoms with E-state index < -0.39 is 10.0 Å². The number of benzene rings is 2. The first-order valence-corrected chi connectivity index (χ1v) is 11.6. The summed E-state index contributed by atoms with van der Waals surface area (Å²) in [5.74, 6) is -0.0770. The van der Waals surface area contributed by atoms with Crippen LogP contribution in [0.15, 0.2) is 53.4 Å². The lowest BCUT2D eigenvalue weighted by molar-refractivity contribution is 0.0974. The normalized spacial score (nSPS) is 15.3. The molecule has 0 bridgehead atoms. The molecule has 0 atom stereocenters. The minimum atomic E-state index is -3.92. The summed E-state index contributed by atoms with van der Waals surface area (Å²) in [5, 5.41) is 5.30. The summed E-state index contributed by atoms with van der Waals surface area (Å²) >= 11 is 0. The molecule has 3 rings (SSSR count). The highest BCUT2D eigenvalue weighted by atomic mass is 32.2. The molecule has 0 unspecified atom stereocenters. The molecule has 1 heterocycles. The molecule has 8 heteroatoms. The van der Waals surface area contributed by atoms with Crippen molar-refractivity contribution >= 4 is 21.5 Å². The minimum Gasteiger partial charge on any atom is -0.380 e. The molecule has 0 radical (unpaired) electrons. The van der Waals surface area contributed by atoms with E-state index in [0.29, 0.717) is 17.5 Å². The fourth-order valence-corrected chi connectivity index (χ4v) is 4.53. The lowest BCUT2D eigenvalue weighted by Gasteiger charge is -2.36. The number of sulfonamides is 1. The zero-order valence-electron chi connectivity index (χ0n) is 17.3. The summed E-state index contributed by atoms with van der Waals surface area (Å²) in [6.45, 7) is 4.83. The van der Waals surface area contributed by atoms with Gasteiger partial charge in [-0.25, -0.2) is 13.6 Å². The van der Waals surface area contributed by atoms with E-state index in [1.54, 1.807) is 12.1 Å². The molecule has 1 aliphatic rings. The van der Waals surface area contributed by atoms with Crippen LogP contribution in [0.5, 0.6) is 0 Å². The van der Waals surface area contributed by atoms with E-state index in [-0.39, 0.29) is 17.3 Å². The molecule has 2 N–H and O–H groups in total. The van der Waals surface area contributed by atoms with Crippen molar-refractivity contribution in [3.05, 3.63) is 59.7 Å². The van der Waals surface area contributed by atoms with E-state index in [0.717, 1.165) is 39.1 Å². The molecular formula is C22H29N3O4S. The fourth-order valence-electron chi connectivity index (χ4n) is 3.74. The maximum atomic E-state index is 12.6. The molecule has 7 nitrogen and oxygen atoms in total. The van der Waals surface area contributed by atoms with Crippen LogP contribution in [0.2, 0.25) is 0 Å². The summed E-state index contributed by atoms with van der Waals surface area (Å²) in [6, 6.07) is 15.0. The highest BCUT2D eigenvalue weighted by Crippen LogP contribution is 2.20. The number of ether oxygens (including phenoxy) is 1. The third-order valence-corrected chi connectivity index (χ3v) is 6.36. The van der Waals surface area contributed by atoms with Gasteiger partial charge >= 0.3 is 0 Å². The van der Waals surface area contributed by atoms with Gasteiger partial charge < -0.3 is 9.64 Å². The van der Waals surface area contributed by atoms with E-state index in [4.69, 9.17) is 9.88 Å².